The van der Waals surface area contributed by atoms with Crippen LogP contribution >= 0.6 is 0 Å². The summed E-state index contributed by atoms with van der Waals surface area (Å²) in [5, 5.41) is 15.9. The largest absolute Gasteiger partial charge is 0.315 e. The van der Waals surface area contributed by atoms with Gasteiger partial charge in [0, 0.05) is 73.5 Å². The highest BCUT2D eigenvalue weighted by Crippen LogP contribution is 2.62. The first-order valence-corrected chi connectivity index (χ1v) is 30.2. The van der Waals surface area contributed by atoms with Crippen LogP contribution in [0.1, 0.15) is 205 Å². The van der Waals surface area contributed by atoms with E-state index in [9.17, 15) is 0 Å². The van der Waals surface area contributed by atoms with Gasteiger partial charge in [0.05, 0.1) is 0 Å². The van der Waals surface area contributed by atoms with Crippen LogP contribution in [-0.4, -0.2) is 96.4 Å². The van der Waals surface area contributed by atoms with Crippen molar-refractivity contribution in [2.24, 2.45) is 71.0 Å². The van der Waals surface area contributed by atoms with Crippen LogP contribution in [0.25, 0.3) is 0 Å². The zero-order valence-electron chi connectivity index (χ0n) is 41.1. The van der Waals surface area contributed by atoms with Crippen molar-refractivity contribution in [2.75, 3.05) is 26.2 Å². The lowest BCUT2D eigenvalue weighted by Crippen LogP contribution is -2.57. The summed E-state index contributed by atoms with van der Waals surface area (Å²) in [5.41, 5.74) is 0. The van der Waals surface area contributed by atoms with E-state index >= 15 is 0 Å². The van der Waals surface area contributed by atoms with Crippen LogP contribution in [0.3, 0.4) is 0 Å². The Labute approximate surface area is 392 Å². The van der Waals surface area contributed by atoms with Crippen molar-refractivity contribution in [3.63, 3.8) is 0 Å². The molecular formula is C58H98N6. The number of hydrogen-bond acceptors (Lipinski definition) is 6. The fraction of sp³-hybridized carbons (Fsp3) is 1.00. The zero-order chi connectivity index (χ0) is 42.1. The second-order valence-electron chi connectivity index (χ2n) is 26.7. The Kier molecular flexibility index (Phi) is 13.1. The summed E-state index contributed by atoms with van der Waals surface area (Å²) in [6.45, 7) is 4.95. The van der Waals surface area contributed by atoms with Crippen molar-refractivity contribution in [1.29, 1.82) is 0 Å². The topological polar surface area (TPSA) is 54.6 Å². The number of nitrogens with zero attached hydrogens (tertiary/aromatic N) is 2. The van der Waals surface area contributed by atoms with Gasteiger partial charge in [-0.15, -0.1) is 0 Å². The Hall–Kier alpha value is -0.240. The van der Waals surface area contributed by atoms with E-state index in [0.717, 1.165) is 131 Å². The third kappa shape index (κ3) is 8.20. The lowest BCUT2D eigenvalue weighted by molar-refractivity contribution is 0.00112. The van der Waals surface area contributed by atoms with Crippen LogP contribution in [0.15, 0.2) is 0 Å². The highest BCUT2D eigenvalue weighted by atomic mass is 15.3. The molecule has 0 aromatic carbocycles. The Morgan fingerprint density at radius 2 is 0.688 bits per heavy atom. The van der Waals surface area contributed by atoms with Gasteiger partial charge < -0.3 is 21.3 Å². The summed E-state index contributed by atoms with van der Waals surface area (Å²) in [5.74, 6) is 12.0. The molecule has 6 heteroatoms. The van der Waals surface area contributed by atoms with Crippen molar-refractivity contribution in [3.05, 3.63) is 0 Å². The van der Waals surface area contributed by atoms with Crippen LogP contribution in [0.4, 0.5) is 0 Å². The summed E-state index contributed by atoms with van der Waals surface area (Å²) in [6.07, 6.45) is 48.9. The van der Waals surface area contributed by atoms with Gasteiger partial charge in [0.1, 0.15) is 0 Å². The first kappa shape index (κ1) is 43.8. The zero-order valence-corrected chi connectivity index (χ0v) is 41.1. The molecule has 64 heavy (non-hydrogen) atoms. The highest BCUT2D eigenvalue weighted by Gasteiger charge is 2.64. The quantitative estimate of drug-likeness (QED) is 0.213. The summed E-state index contributed by atoms with van der Waals surface area (Å²) in [4.78, 5) is 6.87. The molecule has 18 unspecified atom stereocenters. The smallest absolute Gasteiger partial charge is 0.0223 e. The maximum Gasteiger partial charge on any atom is 0.0223 e. The lowest BCUT2D eigenvalue weighted by Gasteiger charge is -2.49. The van der Waals surface area contributed by atoms with Gasteiger partial charge in [-0.2, -0.15) is 0 Å². The van der Waals surface area contributed by atoms with Gasteiger partial charge in [-0.25, -0.2) is 0 Å². The Morgan fingerprint density at radius 1 is 0.281 bits per heavy atom. The summed E-state index contributed by atoms with van der Waals surface area (Å²) >= 11 is 0. The molecule has 7 saturated carbocycles. The van der Waals surface area contributed by atoms with Crippen LogP contribution in [-0.2, 0) is 0 Å². The number of fused-ring (bicyclic) bond motifs is 9. The highest BCUT2D eigenvalue weighted by molar-refractivity contribution is 5.16. The summed E-state index contributed by atoms with van der Waals surface area (Å²) < 4.78 is 0. The third-order valence-corrected chi connectivity index (χ3v) is 24.3. The average molecular weight is 879 g/mol. The van der Waals surface area contributed by atoms with E-state index in [1.54, 1.807) is 103 Å². The van der Waals surface area contributed by atoms with Gasteiger partial charge in [-0.1, -0.05) is 51.4 Å². The van der Waals surface area contributed by atoms with Crippen LogP contribution in [0, 0.1) is 71.0 Å². The number of piperidine rings is 4. The van der Waals surface area contributed by atoms with E-state index in [1.807, 2.05) is 0 Å². The van der Waals surface area contributed by atoms with E-state index in [-0.39, 0.29) is 0 Å². The molecule has 13 fully saturated rings. The van der Waals surface area contributed by atoms with Gasteiger partial charge in [0.15, 0.2) is 0 Å². The standard InChI is InChI=1S/C58H98N6/c1-3-13-53-47(11-1)57-55(63(53)45-9-5-7-43(33-45)37-15-19-39(20-16-37)49-25-23-41-29-31-59-35-51(41)61-49)27-28-56-58(57)48-12-2-4-14-54(48)64(56)46-10-6-8-44(34-46)38-17-21-40(22-18-38)50-26-24-42-30-32-60-36-52(42)62-50/h37-62H,1-36H2. The molecule has 0 bridgehead atoms. The van der Waals surface area contributed by atoms with Crippen LogP contribution in [0.2, 0.25) is 0 Å². The Morgan fingerprint density at radius 3 is 1.16 bits per heavy atom. The molecule has 18 atom stereocenters. The summed E-state index contributed by atoms with van der Waals surface area (Å²) in [6, 6.07) is 8.70. The predicted octanol–water partition coefficient (Wildman–Crippen LogP) is 10.7. The van der Waals surface area contributed by atoms with Gasteiger partial charge >= 0.3 is 0 Å². The monoisotopic (exact) mass is 879 g/mol. The van der Waals surface area contributed by atoms with E-state index in [2.05, 4.69) is 31.1 Å². The molecule has 13 rings (SSSR count). The van der Waals surface area contributed by atoms with Crippen molar-refractivity contribution in [2.45, 2.75) is 266 Å². The second kappa shape index (κ2) is 19.2. The molecule has 6 nitrogen and oxygen atoms in total. The minimum atomic E-state index is 0.759. The van der Waals surface area contributed by atoms with Gasteiger partial charge in [0.25, 0.3) is 0 Å². The molecular weight excluding hydrogens is 781 g/mol. The maximum atomic E-state index is 4.23. The van der Waals surface area contributed by atoms with Crippen molar-refractivity contribution in [1.82, 2.24) is 31.1 Å². The van der Waals surface area contributed by atoms with Gasteiger partial charge in [0.2, 0.25) is 0 Å². The number of nitrogens with one attached hydrogen (secondary N) is 4. The molecule has 4 N–H and O–H groups in total. The van der Waals surface area contributed by atoms with E-state index in [4.69, 9.17) is 0 Å². The number of hydrogen-bond donors (Lipinski definition) is 4. The molecule has 6 aliphatic heterocycles. The minimum Gasteiger partial charge on any atom is -0.315 e. The predicted molar refractivity (Wildman–Crippen MR) is 263 cm³/mol. The molecule has 0 aromatic rings. The molecule has 0 radical (unpaired) electrons. The van der Waals surface area contributed by atoms with Crippen LogP contribution < -0.4 is 21.3 Å². The normalized spacial score (nSPS) is 53.8. The van der Waals surface area contributed by atoms with E-state index < -0.39 is 0 Å². The van der Waals surface area contributed by atoms with E-state index in [0.29, 0.717) is 0 Å². The van der Waals surface area contributed by atoms with Crippen molar-refractivity contribution in [3.8, 4) is 0 Å². The molecule has 0 amide bonds. The van der Waals surface area contributed by atoms with Gasteiger partial charge in [-0.05, 0) is 238 Å². The van der Waals surface area contributed by atoms with Gasteiger partial charge in [-0.3, -0.25) is 9.80 Å². The Balaban J connectivity index is 0.665. The van der Waals surface area contributed by atoms with Crippen molar-refractivity contribution >= 4 is 0 Å². The van der Waals surface area contributed by atoms with Crippen LogP contribution in [0.5, 0.6) is 0 Å². The second-order valence-corrected chi connectivity index (χ2v) is 26.7. The first-order valence-electron chi connectivity index (χ1n) is 30.2. The summed E-state index contributed by atoms with van der Waals surface area (Å²) in [7, 11) is 0. The maximum absolute atomic E-state index is 4.23. The average Bonchev–Trinajstić information content (AvgIpc) is 3.89. The molecule has 13 aliphatic rings. The van der Waals surface area contributed by atoms with Crippen molar-refractivity contribution < 1.29 is 0 Å². The SMILES string of the molecule is C1CCC2C(C1)C1C3C4CCCCC4N(C4CCCC(C5CCC(C6CCC7CCNCC7N6)CC5)C4)C3CCC1N2C1CCCC(C2CCC(C3CCC4CCNCC4N3)CC2)C1. The first-order chi connectivity index (χ1) is 31.7. The number of rotatable bonds is 6. The third-order valence-electron chi connectivity index (χ3n) is 24.3. The fourth-order valence-corrected chi connectivity index (χ4v) is 21.6. The molecule has 7 aliphatic carbocycles. The fourth-order valence-electron chi connectivity index (χ4n) is 21.6. The minimum absolute atomic E-state index is 0.759. The molecule has 0 spiro atoms. The lowest BCUT2D eigenvalue weighted by atomic mass is 9.61. The molecule has 360 valence electrons. The number of likely N-dealkylation sites (tertiary alicyclic amines) is 2. The molecule has 6 saturated heterocycles. The Bertz CT molecular complexity index is 1430. The molecule has 6 heterocycles. The van der Waals surface area contributed by atoms with E-state index in [1.165, 1.54) is 129 Å². The molecule has 0 aromatic heterocycles.